The molecule has 7 heteroatoms. The second-order valence-electron chi connectivity index (χ2n) is 10.2. The SMILES string of the molecule is C/C=C(\C#CC#CC#N)C/C=C(\C#CC#CC#N)C/C=C(\C#CC#CC#N)C(C#CC#CC#CC#N)/C(C#CC#CC#N)=C/C/C(C#CC#CC#N)=C/C/C(C#CC#CC#N)=C/C. The van der Waals surface area contributed by atoms with Gasteiger partial charge in [0.1, 0.15) is 0 Å². The molecular formula is C56H21N7. The van der Waals surface area contributed by atoms with Crippen LogP contribution < -0.4 is 0 Å². The van der Waals surface area contributed by atoms with E-state index in [4.69, 9.17) is 36.8 Å². The van der Waals surface area contributed by atoms with Crippen LogP contribution in [0.25, 0.3) is 0 Å². The zero-order valence-corrected chi connectivity index (χ0v) is 33.5. The smallest absolute Gasteiger partial charge is 0.153 e. The van der Waals surface area contributed by atoms with Gasteiger partial charge in [-0.1, -0.05) is 77.9 Å². The van der Waals surface area contributed by atoms with E-state index in [1.165, 1.54) is 0 Å². The van der Waals surface area contributed by atoms with Crippen molar-refractivity contribution in [2.75, 3.05) is 0 Å². The first-order valence-corrected chi connectivity index (χ1v) is 17.4. The highest BCUT2D eigenvalue weighted by Crippen LogP contribution is 2.23. The van der Waals surface area contributed by atoms with Crippen molar-refractivity contribution in [1.29, 1.82) is 36.8 Å². The zero-order chi connectivity index (χ0) is 46.3. The van der Waals surface area contributed by atoms with Gasteiger partial charge in [0.2, 0.25) is 0 Å². The molecule has 0 saturated carbocycles. The Morgan fingerprint density at radius 3 is 0.873 bits per heavy atom. The standard InChI is InChI=1S/C56H21N7/c1-3-50(28-14-8-22-44-58)35-37-52(30-16-10-24-46-60)39-41-54(32-18-12-26-48-62)56(34-20-6-5-7-21-43-57)55(33-19-13-27-49-63)42-40-53(31-17-11-25-47-61)38-36-51(4-2)29-15-9-23-45-59/h3-4,37-38,41-42,56H,35-36,39-40H2,1-2H3/b50-3+,51-4+,52-37+,53-38+,54-41+,55-42+. The number of hydrogen-bond donors (Lipinski definition) is 0. The van der Waals surface area contributed by atoms with Crippen molar-refractivity contribution in [2.45, 2.75) is 39.5 Å². The molecular weight excluding hydrogens is 771 g/mol. The van der Waals surface area contributed by atoms with Gasteiger partial charge in [0.25, 0.3) is 0 Å². The van der Waals surface area contributed by atoms with E-state index in [9.17, 15) is 0 Å². The molecule has 0 radical (unpaired) electrons. The van der Waals surface area contributed by atoms with Crippen LogP contribution in [0.4, 0.5) is 0 Å². The molecule has 0 aliphatic heterocycles. The summed E-state index contributed by atoms with van der Waals surface area (Å²) in [6.07, 6.45) is 11.4. The van der Waals surface area contributed by atoms with Crippen LogP contribution in [0.15, 0.2) is 69.9 Å². The molecule has 0 aliphatic rings. The van der Waals surface area contributed by atoms with Crippen LogP contribution in [0, 0.1) is 263 Å². The molecule has 280 valence electrons. The lowest BCUT2D eigenvalue weighted by atomic mass is 9.88. The number of nitrogens with zero attached hydrogens (tertiary/aromatic N) is 7. The van der Waals surface area contributed by atoms with E-state index in [0.29, 0.717) is 46.3 Å². The van der Waals surface area contributed by atoms with Crippen LogP contribution in [-0.2, 0) is 0 Å². The lowest BCUT2D eigenvalue weighted by Gasteiger charge is -2.12. The van der Waals surface area contributed by atoms with E-state index in [0.717, 1.165) is 0 Å². The molecule has 0 aromatic rings. The number of nitriles is 7. The summed E-state index contributed by atoms with van der Waals surface area (Å²) in [5, 5.41) is 62.1. The fourth-order valence-electron chi connectivity index (χ4n) is 3.80. The van der Waals surface area contributed by atoms with Gasteiger partial charge >= 0.3 is 0 Å². The van der Waals surface area contributed by atoms with E-state index in [1.54, 1.807) is 92.8 Å². The summed E-state index contributed by atoms with van der Waals surface area (Å²) >= 11 is 0. The fourth-order valence-corrected chi connectivity index (χ4v) is 3.80. The molecule has 0 N–H and O–H groups in total. The molecule has 0 spiro atoms. The van der Waals surface area contributed by atoms with E-state index in [2.05, 4.69) is 178 Å². The van der Waals surface area contributed by atoms with Gasteiger partial charge in [-0.3, -0.25) is 0 Å². The van der Waals surface area contributed by atoms with Crippen LogP contribution in [0.5, 0.6) is 0 Å². The third kappa shape index (κ3) is 28.4. The summed E-state index contributed by atoms with van der Waals surface area (Å²) in [5.74, 6) is 75.8. The number of allylic oxidation sites excluding steroid dienone is 12. The summed E-state index contributed by atoms with van der Waals surface area (Å²) in [6.45, 7) is 3.58. The molecule has 0 heterocycles. The first-order valence-electron chi connectivity index (χ1n) is 17.4. The van der Waals surface area contributed by atoms with Crippen LogP contribution in [0.3, 0.4) is 0 Å². The Morgan fingerprint density at radius 2 is 0.556 bits per heavy atom. The third-order valence-corrected chi connectivity index (χ3v) is 6.45. The Bertz CT molecular complexity index is 3160. The van der Waals surface area contributed by atoms with E-state index >= 15 is 0 Å². The molecule has 0 aliphatic carbocycles. The van der Waals surface area contributed by atoms with Crippen molar-refractivity contribution in [3.05, 3.63) is 69.9 Å². The Labute approximate surface area is 370 Å². The van der Waals surface area contributed by atoms with Crippen molar-refractivity contribution >= 4 is 0 Å². The minimum Gasteiger partial charge on any atom is -0.183 e. The summed E-state index contributed by atoms with van der Waals surface area (Å²) in [5.41, 5.74) is 3.06. The molecule has 7 nitrogen and oxygen atoms in total. The average Bonchev–Trinajstić information content (AvgIpc) is 3.30. The molecule has 0 rings (SSSR count). The summed E-state index contributed by atoms with van der Waals surface area (Å²) in [7, 11) is 0. The quantitative estimate of drug-likeness (QED) is 0.264. The zero-order valence-electron chi connectivity index (χ0n) is 33.5. The van der Waals surface area contributed by atoms with E-state index < -0.39 is 5.92 Å². The predicted octanol–water partition coefficient (Wildman–Crippen LogP) is 5.48. The minimum atomic E-state index is -0.970. The summed E-state index contributed by atoms with van der Waals surface area (Å²) in [4.78, 5) is 0. The van der Waals surface area contributed by atoms with Crippen LogP contribution in [0.1, 0.15) is 39.5 Å². The first kappa shape index (κ1) is 51.3. The van der Waals surface area contributed by atoms with Crippen LogP contribution in [0.2, 0.25) is 0 Å². The highest BCUT2D eigenvalue weighted by atomic mass is 14.2. The predicted molar refractivity (Wildman–Crippen MR) is 238 cm³/mol. The molecule has 0 saturated heterocycles. The van der Waals surface area contributed by atoms with Gasteiger partial charge in [0.05, 0.1) is 5.92 Å². The molecule has 0 bridgehead atoms. The fraction of sp³-hybridized carbons (Fsp3) is 0.125. The highest BCUT2D eigenvalue weighted by molar-refractivity contribution is 5.55. The maximum Gasteiger partial charge on any atom is 0.153 e. The highest BCUT2D eigenvalue weighted by Gasteiger charge is 2.16. The Balaban J connectivity index is 8.33. The van der Waals surface area contributed by atoms with Crippen molar-refractivity contribution in [3.8, 4) is 220 Å². The third-order valence-electron chi connectivity index (χ3n) is 6.45. The van der Waals surface area contributed by atoms with Crippen molar-refractivity contribution in [1.82, 2.24) is 0 Å². The molecule has 63 heavy (non-hydrogen) atoms. The minimum absolute atomic E-state index is 0.127. The van der Waals surface area contributed by atoms with Crippen molar-refractivity contribution < 1.29 is 0 Å². The lowest BCUT2D eigenvalue weighted by molar-refractivity contribution is 0.985. The van der Waals surface area contributed by atoms with Gasteiger partial charge in [-0.2, -0.15) is 36.8 Å². The Kier molecular flexibility index (Phi) is 31.4. The van der Waals surface area contributed by atoms with E-state index in [1.807, 2.05) is 0 Å². The summed E-state index contributed by atoms with van der Waals surface area (Å²) in [6, 6.07) is 11.9. The van der Waals surface area contributed by atoms with Gasteiger partial charge in [0, 0.05) is 122 Å². The average molecular weight is 792 g/mol. The number of hydrogen-bond acceptors (Lipinski definition) is 7. The normalized spacial score (nSPS) is 9.13. The largest absolute Gasteiger partial charge is 0.183 e. The number of rotatable bonds is 10. The maximum atomic E-state index is 9.05. The van der Waals surface area contributed by atoms with Gasteiger partial charge in [-0.15, -0.1) is 0 Å². The lowest BCUT2D eigenvalue weighted by Crippen LogP contribution is -2.05. The second kappa shape index (κ2) is 38.5. The van der Waals surface area contributed by atoms with Gasteiger partial charge < -0.3 is 0 Å². The van der Waals surface area contributed by atoms with Gasteiger partial charge in [-0.05, 0) is 86.9 Å². The topological polar surface area (TPSA) is 167 Å². The Hall–Kier alpha value is -11.7. The monoisotopic (exact) mass is 791 g/mol. The molecule has 0 aromatic carbocycles. The molecule has 0 unspecified atom stereocenters. The second-order valence-corrected chi connectivity index (χ2v) is 10.2. The molecule has 0 atom stereocenters. The van der Waals surface area contributed by atoms with Crippen LogP contribution in [-0.4, -0.2) is 0 Å². The maximum absolute atomic E-state index is 9.05. The van der Waals surface area contributed by atoms with Crippen LogP contribution >= 0.6 is 0 Å². The molecule has 0 fully saturated rings. The molecule has 0 aromatic heterocycles. The van der Waals surface area contributed by atoms with Crippen molar-refractivity contribution in [3.63, 3.8) is 0 Å². The van der Waals surface area contributed by atoms with Gasteiger partial charge in [0.15, 0.2) is 42.5 Å². The van der Waals surface area contributed by atoms with Crippen molar-refractivity contribution in [2.24, 2.45) is 5.92 Å². The van der Waals surface area contributed by atoms with E-state index in [-0.39, 0.29) is 12.8 Å². The summed E-state index contributed by atoms with van der Waals surface area (Å²) < 4.78 is 0. The first-order chi connectivity index (χ1) is 31.0. The molecule has 0 amide bonds. The Morgan fingerprint density at radius 1 is 0.302 bits per heavy atom. The van der Waals surface area contributed by atoms with Gasteiger partial charge in [-0.25, -0.2) is 0 Å².